The maximum Gasteiger partial charge on any atom is 0.102 e. The quantitative estimate of drug-likeness (QED) is 0.756. The highest BCUT2D eigenvalue weighted by atomic mass is 35.5. The lowest BCUT2D eigenvalue weighted by molar-refractivity contribution is 0.366. The summed E-state index contributed by atoms with van der Waals surface area (Å²) >= 11 is 0. The molecule has 0 aliphatic carbocycles. The molecule has 0 atom stereocenters. The third-order valence-electron chi connectivity index (χ3n) is 2.05. The van der Waals surface area contributed by atoms with E-state index in [9.17, 15) is 0 Å². The molecule has 0 aromatic heterocycles. The fraction of sp³-hybridized carbons (Fsp3) is 0.889. The lowest BCUT2D eigenvalue weighted by Gasteiger charge is -2.26. The summed E-state index contributed by atoms with van der Waals surface area (Å²) in [7, 11) is 0. The second kappa shape index (κ2) is 6.22. The van der Waals surface area contributed by atoms with Gasteiger partial charge in [0.25, 0.3) is 0 Å². The molecule has 0 unspecified atom stereocenters. The van der Waals surface area contributed by atoms with Gasteiger partial charge in [-0.2, -0.15) is 0 Å². The Morgan fingerprint density at radius 3 is 2.08 bits per heavy atom. The normalized spacial score (nSPS) is 15.5. The number of halogens is 1. The monoisotopic (exact) mass is 207 g/mol. The average molecular weight is 208 g/mol. The number of aliphatic imine (C=N–C) groups is 1. The summed E-state index contributed by atoms with van der Waals surface area (Å²) in [5.74, 6) is 1.87. The summed E-state index contributed by atoms with van der Waals surface area (Å²) in [6, 6.07) is 0.610. The SMILES string of the molecule is CC(C)C1=NCCN1C(C)C.Cl.N. The van der Waals surface area contributed by atoms with Crippen LogP contribution in [0.2, 0.25) is 0 Å². The zero-order valence-corrected chi connectivity index (χ0v) is 9.90. The van der Waals surface area contributed by atoms with Gasteiger partial charge in [-0.3, -0.25) is 4.99 Å². The van der Waals surface area contributed by atoms with Crippen LogP contribution in [0.1, 0.15) is 27.7 Å². The fourth-order valence-electron chi connectivity index (χ4n) is 1.51. The standard InChI is InChI=1S/C9H18N2.ClH.H3N/c1-7(2)9-10-5-6-11(9)8(3)4;;/h7-8H,5-6H2,1-4H3;1H;1H3. The number of hydrogen-bond donors (Lipinski definition) is 1. The van der Waals surface area contributed by atoms with Gasteiger partial charge in [-0.05, 0) is 13.8 Å². The van der Waals surface area contributed by atoms with Crippen LogP contribution in [-0.2, 0) is 0 Å². The first-order valence-corrected chi connectivity index (χ1v) is 4.44. The average Bonchev–Trinajstić information content (AvgIpc) is 2.32. The molecule has 0 bridgehead atoms. The second-order valence-electron chi connectivity index (χ2n) is 3.68. The molecule has 0 saturated carbocycles. The summed E-state index contributed by atoms with van der Waals surface area (Å²) in [6.45, 7) is 11.0. The van der Waals surface area contributed by atoms with Crippen LogP contribution in [0.15, 0.2) is 4.99 Å². The van der Waals surface area contributed by atoms with Crippen molar-refractivity contribution in [3.05, 3.63) is 0 Å². The van der Waals surface area contributed by atoms with Crippen LogP contribution in [0.4, 0.5) is 0 Å². The molecule has 4 heteroatoms. The van der Waals surface area contributed by atoms with Crippen molar-refractivity contribution in [3.63, 3.8) is 0 Å². The zero-order valence-electron chi connectivity index (χ0n) is 9.08. The molecule has 1 aliphatic rings. The molecule has 3 nitrogen and oxygen atoms in total. The Balaban J connectivity index is 0. The van der Waals surface area contributed by atoms with E-state index in [0.717, 1.165) is 13.1 Å². The lowest BCUT2D eigenvalue weighted by atomic mass is 10.1. The molecule has 1 heterocycles. The Morgan fingerprint density at radius 2 is 1.77 bits per heavy atom. The van der Waals surface area contributed by atoms with Gasteiger partial charge < -0.3 is 11.1 Å². The van der Waals surface area contributed by atoms with E-state index in [0.29, 0.717) is 12.0 Å². The van der Waals surface area contributed by atoms with Crippen LogP contribution in [0.5, 0.6) is 0 Å². The largest absolute Gasteiger partial charge is 0.356 e. The molecule has 1 rings (SSSR count). The Bertz CT molecular complexity index is 166. The van der Waals surface area contributed by atoms with Gasteiger partial charge in [0.1, 0.15) is 5.84 Å². The molecular formula is C9H22ClN3. The lowest BCUT2D eigenvalue weighted by Crippen LogP contribution is -2.36. The van der Waals surface area contributed by atoms with Crippen molar-refractivity contribution in [1.29, 1.82) is 0 Å². The summed E-state index contributed by atoms with van der Waals surface area (Å²) < 4.78 is 0. The van der Waals surface area contributed by atoms with Gasteiger partial charge in [-0.15, -0.1) is 12.4 Å². The van der Waals surface area contributed by atoms with Crippen molar-refractivity contribution in [2.45, 2.75) is 33.7 Å². The summed E-state index contributed by atoms with van der Waals surface area (Å²) in [4.78, 5) is 6.87. The number of rotatable bonds is 2. The molecule has 3 N–H and O–H groups in total. The van der Waals surface area contributed by atoms with Crippen LogP contribution < -0.4 is 6.15 Å². The Hall–Kier alpha value is -0.280. The molecule has 80 valence electrons. The van der Waals surface area contributed by atoms with Crippen LogP contribution >= 0.6 is 12.4 Å². The number of nitrogens with zero attached hydrogens (tertiary/aromatic N) is 2. The van der Waals surface area contributed by atoms with Gasteiger partial charge in [0.05, 0.1) is 6.54 Å². The van der Waals surface area contributed by atoms with Crippen LogP contribution in [0.3, 0.4) is 0 Å². The van der Waals surface area contributed by atoms with Gasteiger partial charge in [-0.25, -0.2) is 0 Å². The smallest absolute Gasteiger partial charge is 0.102 e. The summed E-state index contributed by atoms with van der Waals surface area (Å²) in [5, 5.41) is 0. The second-order valence-corrected chi connectivity index (χ2v) is 3.68. The minimum absolute atomic E-state index is 0. The van der Waals surface area contributed by atoms with Crippen molar-refractivity contribution < 1.29 is 0 Å². The molecular weight excluding hydrogens is 186 g/mol. The minimum Gasteiger partial charge on any atom is -0.356 e. The van der Waals surface area contributed by atoms with E-state index < -0.39 is 0 Å². The van der Waals surface area contributed by atoms with Crippen molar-refractivity contribution in [2.75, 3.05) is 13.1 Å². The molecule has 0 aromatic rings. The van der Waals surface area contributed by atoms with E-state index in [2.05, 4.69) is 37.6 Å². The molecule has 0 radical (unpaired) electrons. The van der Waals surface area contributed by atoms with Crippen molar-refractivity contribution >= 4 is 18.2 Å². The molecule has 0 spiro atoms. The van der Waals surface area contributed by atoms with Crippen LogP contribution in [0.25, 0.3) is 0 Å². The molecule has 0 aromatic carbocycles. The van der Waals surface area contributed by atoms with E-state index in [1.165, 1.54) is 5.84 Å². The van der Waals surface area contributed by atoms with Crippen molar-refractivity contribution in [1.82, 2.24) is 11.1 Å². The van der Waals surface area contributed by atoms with Crippen LogP contribution in [-0.4, -0.2) is 29.9 Å². The van der Waals surface area contributed by atoms with Crippen molar-refractivity contribution in [2.24, 2.45) is 10.9 Å². The van der Waals surface area contributed by atoms with Gasteiger partial charge in [0.2, 0.25) is 0 Å². The fourth-order valence-corrected chi connectivity index (χ4v) is 1.51. The van der Waals surface area contributed by atoms with E-state index in [-0.39, 0.29) is 18.6 Å². The molecule has 0 saturated heterocycles. The highest BCUT2D eigenvalue weighted by molar-refractivity contribution is 5.85. The predicted octanol–water partition coefficient (Wildman–Crippen LogP) is 2.35. The van der Waals surface area contributed by atoms with E-state index in [1.54, 1.807) is 0 Å². The molecule has 0 fully saturated rings. The van der Waals surface area contributed by atoms with E-state index >= 15 is 0 Å². The van der Waals surface area contributed by atoms with Crippen molar-refractivity contribution in [3.8, 4) is 0 Å². The number of amidine groups is 1. The summed E-state index contributed by atoms with van der Waals surface area (Å²) in [5.41, 5.74) is 0. The third kappa shape index (κ3) is 3.53. The molecule has 1 aliphatic heterocycles. The van der Waals surface area contributed by atoms with E-state index in [1.807, 2.05) is 0 Å². The number of hydrogen-bond acceptors (Lipinski definition) is 3. The Kier molecular flexibility index (Phi) is 7.27. The van der Waals surface area contributed by atoms with Gasteiger partial charge in [0.15, 0.2) is 0 Å². The van der Waals surface area contributed by atoms with Gasteiger partial charge in [0, 0.05) is 18.5 Å². The first-order chi connectivity index (χ1) is 5.13. The van der Waals surface area contributed by atoms with E-state index in [4.69, 9.17) is 0 Å². The molecule has 0 amide bonds. The maximum absolute atomic E-state index is 4.48. The highest BCUT2D eigenvalue weighted by Gasteiger charge is 2.21. The first-order valence-electron chi connectivity index (χ1n) is 4.44. The summed E-state index contributed by atoms with van der Waals surface area (Å²) in [6.07, 6.45) is 0. The Labute approximate surface area is 87.6 Å². The first kappa shape index (κ1) is 15.2. The minimum atomic E-state index is 0. The van der Waals surface area contributed by atoms with Crippen LogP contribution in [0, 0.1) is 5.92 Å². The zero-order chi connectivity index (χ0) is 8.43. The molecule has 13 heavy (non-hydrogen) atoms. The topological polar surface area (TPSA) is 50.6 Å². The van der Waals surface area contributed by atoms with Gasteiger partial charge in [-0.1, -0.05) is 13.8 Å². The third-order valence-corrected chi connectivity index (χ3v) is 2.05. The predicted molar refractivity (Wildman–Crippen MR) is 61.3 cm³/mol. The highest BCUT2D eigenvalue weighted by Crippen LogP contribution is 2.12. The Morgan fingerprint density at radius 1 is 1.23 bits per heavy atom. The van der Waals surface area contributed by atoms with Gasteiger partial charge >= 0.3 is 0 Å². The maximum atomic E-state index is 4.48.